The first kappa shape index (κ1) is 20.2. The third-order valence-electron chi connectivity index (χ3n) is 6.11. The van der Waals surface area contributed by atoms with Crippen LogP contribution in [-0.2, 0) is 6.42 Å². The highest BCUT2D eigenvalue weighted by Crippen LogP contribution is 2.46. The Morgan fingerprint density at radius 1 is 1.10 bits per heavy atom. The second kappa shape index (κ2) is 7.77. The van der Waals surface area contributed by atoms with E-state index in [-0.39, 0.29) is 28.6 Å². The van der Waals surface area contributed by atoms with Crippen molar-refractivity contribution in [2.45, 2.75) is 36.2 Å². The van der Waals surface area contributed by atoms with Gasteiger partial charge in [0.15, 0.2) is 11.6 Å². The maximum Gasteiger partial charge on any atom is 0.255 e. The molecule has 4 nitrogen and oxygen atoms in total. The van der Waals surface area contributed by atoms with E-state index < -0.39 is 11.6 Å². The van der Waals surface area contributed by atoms with E-state index in [9.17, 15) is 13.6 Å². The van der Waals surface area contributed by atoms with E-state index in [1.807, 2.05) is 0 Å². The van der Waals surface area contributed by atoms with Gasteiger partial charge in [-0.2, -0.15) is 0 Å². The summed E-state index contributed by atoms with van der Waals surface area (Å²) in [5.41, 5.74) is 2.17. The Morgan fingerprint density at radius 3 is 2.50 bits per heavy atom. The highest BCUT2D eigenvalue weighted by atomic mass is 35.7. The van der Waals surface area contributed by atoms with Crippen molar-refractivity contribution >= 4 is 44.9 Å². The molecule has 9 heteroatoms. The van der Waals surface area contributed by atoms with Gasteiger partial charge in [-0.15, -0.1) is 0 Å². The summed E-state index contributed by atoms with van der Waals surface area (Å²) in [6.45, 7) is 1.62. The molecule has 0 saturated carbocycles. The molecule has 0 spiro atoms. The average Bonchev–Trinajstić information content (AvgIpc) is 3.31. The van der Waals surface area contributed by atoms with Crippen molar-refractivity contribution < 1.29 is 18.3 Å². The molecule has 2 unspecified atom stereocenters. The molecule has 2 bridgehead atoms. The Morgan fingerprint density at radius 2 is 1.80 bits per heavy atom. The minimum absolute atomic E-state index is 0.00632. The van der Waals surface area contributed by atoms with E-state index in [2.05, 4.69) is 17.0 Å². The fraction of sp³-hybridized carbons (Fsp3) is 0.381. The largest absolute Gasteiger partial charge is 0.491 e. The molecule has 2 fully saturated rings. The smallest absolute Gasteiger partial charge is 0.255 e. The Labute approximate surface area is 186 Å². The van der Waals surface area contributed by atoms with Crippen LogP contribution in [0.5, 0.6) is 5.75 Å². The van der Waals surface area contributed by atoms with Gasteiger partial charge in [-0.05, 0) is 58.8 Å². The highest BCUT2D eigenvalue weighted by Gasteiger charge is 2.43. The van der Waals surface area contributed by atoms with Gasteiger partial charge in [-0.3, -0.25) is 4.79 Å². The van der Waals surface area contributed by atoms with Crippen LogP contribution in [0.25, 0.3) is 0 Å². The molecule has 158 valence electrons. The summed E-state index contributed by atoms with van der Waals surface area (Å²) in [6, 6.07) is 6.08. The molecule has 0 radical (unpaired) electrons. The zero-order chi connectivity index (χ0) is 21.0. The summed E-state index contributed by atoms with van der Waals surface area (Å²) in [7, 11) is 7.22. The van der Waals surface area contributed by atoms with Crippen molar-refractivity contribution in [3.8, 4) is 5.75 Å². The number of ether oxygens (including phenoxy) is 1. The van der Waals surface area contributed by atoms with Gasteiger partial charge in [0.05, 0.1) is 22.9 Å². The number of rotatable bonds is 3. The number of benzene rings is 2. The first-order valence-corrected chi connectivity index (χ1v) is 11.8. The minimum atomic E-state index is -1.08. The van der Waals surface area contributed by atoms with Crippen molar-refractivity contribution in [1.82, 2.24) is 4.90 Å². The molecule has 2 aromatic rings. The molecule has 0 aliphatic carbocycles. The molecule has 0 N–H and O–H groups in total. The second-order valence-electron chi connectivity index (χ2n) is 7.85. The van der Waals surface area contributed by atoms with Crippen molar-refractivity contribution in [2.75, 3.05) is 24.6 Å². The zero-order valence-corrected chi connectivity index (χ0v) is 18.2. The molecule has 3 heterocycles. The van der Waals surface area contributed by atoms with E-state index in [1.165, 1.54) is 11.0 Å². The molecule has 2 saturated heterocycles. The van der Waals surface area contributed by atoms with Gasteiger partial charge in [0.25, 0.3) is 5.91 Å². The molecule has 3 aliphatic heterocycles. The van der Waals surface area contributed by atoms with Crippen LogP contribution < -0.4 is 9.64 Å². The number of carbonyl (C=O) groups is 1. The van der Waals surface area contributed by atoms with Gasteiger partial charge in [0.1, 0.15) is 5.75 Å². The Kier molecular flexibility index (Phi) is 5.24. The molecule has 30 heavy (non-hydrogen) atoms. The lowest BCUT2D eigenvalue weighted by molar-refractivity contribution is 0.0717. The lowest BCUT2D eigenvalue weighted by atomic mass is 10.1. The van der Waals surface area contributed by atoms with Crippen molar-refractivity contribution in [1.29, 1.82) is 0 Å². The predicted octanol–water partition coefficient (Wildman–Crippen LogP) is 5.29. The fourth-order valence-electron chi connectivity index (χ4n) is 4.81. The number of hydrogen-bond donors (Lipinski definition) is 0. The molecular weight excluding hydrogens is 453 g/mol. The number of fused-ring (bicyclic) bond motifs is 3. The first-order chi connectivity index (χ1) is 14.5. The summed E-state index contributed by atoms with van der Waals surface area (Å²) in [6.07, 6.45) is 2.73. The van der Waals surface area contributed by atoms with E-state index in [4.69, 9.17) is 27.0 Å². The fourth-order valence-corrected chi connectivity index (χ4v) is 5.66. The number of piperazine rings is 1. The van der Waals surface area contributed by atoms with Crippen LogP contribution in [0, 0.1) is 11.6 Å². The van der Waals surface area contributed by atoms with E-state index in [1.54, 1.807) is 4.90 Å². The summed E-state index contributed by atoms with van der Waals surface area (Å²) in [4.78, 5) is 18.0. The quantitative estimate of drug-likeness (QED) is 0.570. The average molecular weight is 471 g/mol. The van der Waals surface area contributed by atoms with Crippen LogP contribution in [0.15, 0.2) is 29.2 Å². The monoisotopic (exact) mass is 470 g/mol. The number of nitrogens with zero attached hydrogens (tertiary/aromatic N) is 2. The number of anilines is 1. The van der Waals surface area contributed by atoms with Crippen LogP contribution >= 0.6 is 33.3 Å². The molecule has 2 aromatic carbocycles. The van der Waals surface area contributed by atoms with Gasteiger partial charge in [-0.25, -0.2) is 8.78 Å². The maximum absolute atomic E-state index is 13.7. The molecule has 2 atom stereocenters. The normalized spacial score (nSPS) is 22.3. The van der Waals surface area contributed by atoms with Gasteiger partial charge in [0.2, 0.25) is 0 Å². The van der Waals surface area contributed by atoms with E-state index >= 15 is 0 Å². The third-order valence-corrected chi connectivity index (χ3v) is 7.38. The van der Waals surface area contributed by atoms with E-state index in [0.717, 1.165) is 53.3 Å². The molecule has 1 amide bonds. The van der Waals surface area contributed by atoms with Crippen LogP contribution in [0.2, 0.25) is 5.02 Å². The van der Waals surface area contributed by atoms with Crippen LogP contribution in [0.3, 0.4) is 0 Å². The van der Waals surface area contributed by atoms with Crippen molar-refractivity contribution in [3.05, 3.63) is 52.0 Å². The number of carbonyl (C=O) groups excluding carboxylic acids is 1. The number of halogens is 4. The summed E-state index contributed by atoms with van der Waals surface area (Å²) >= 11 is 6.03. The number of likely N-dealkylation sites (tertiary alicyclic amines) is 1. The maximum atomic E-state index is 13.7. The van der Waals surface area contributed by atoms with Crippen LogP contribution in [0.4, 0.5) is 14.5 Å². The second-order valence-corrected chi connectivity index (χ2v) is 9.35. The third kappa shape index (κ3) is 3.31. The lowest BCUT2D eigenvalue weighted by Crippen LogP contribution is -2.55. The minimum Gasteiger partial charge on any atom is -0.491 e. The highest BCUT2D eigenvalue weighted by molar-refractivity contribution is 8.21. The van der Waals surface area contributed by atoms with Gasteiger partial charge >= 0.3 is 0 Å². The number of hydrogen-bond acceptors (Lipinski definition) is 4. The van der Waals surface area contributed by atoms with Crippen LogP contribution in [0.1, 0.15) is 28.8 Å². The first-order valence-electron chi connectivity index (χ1n) is 9.76. The van der Waals surface area contributed by atoms with Gasteiger partial charge < -0.3 is 14.5 Å². The summed E-state index contributed by atoms with van der Waals surface area (Å²) < 4.78 is 33.0. The summed E-state index contributed by atoms with van der Waals surface area (Å²) in [5.74, 6) is -1.61. The number of amides is 1. The predicted molar refractivity (Wildman–Crippen MR) is 114 cm³/mol. The molecule has 0 aromatic heterocycles. The zero-order valence-electron chi connectivity index (χ0n) is 15.8. The molecular formula is C21H18Cl2F2N2O2S. The lowest BCUT2D eigenvalue weighted by Gasteiger charge is -2.43. The summed E-state index contributed by atoms with van der Waals surface area (Å²) in [5, 5.41) is -0.0771. The molecule has 5 rings (SSSR count). The van der Waals surface area contributed by atoms with Crippen LogP contribution in [-0.4, -0.2) is 42.6 Å². The Hall–Kier alpha value is -1.70. The van der Waals surface area contributed by atoms with Gasteiger partial charge in [-0.1, -0.05) is 11.6 Å². The van der Waals surface area contributed by atoms with Crippen molar-refractivity contribution in [2.24, 2.45) is 0 Å². The topological polar surface area (TPSA) is 32.8 Å². The molecule has 3 aliphatic rings. The Balaban J connectivity index is 1.43. The van der Waals surface area contributed by atoms with E-state index in [0.29, 0.717) is 19.7 Å². The van der Waals surface area contributed by atoms with Gasteiger partial charge in [0, 0.05) is 42.1 Å². The standard InChI is InChI=1S/C21H18Cl2F2N2O2S/c22-16-8-18(25)17(24)7-15(16)21(28)26-9-12-1-2-13(10-26)27(12)19-6-14(30-23)5-11-3-4-29-20(11)19/h5-8,12-13H,1-4,9-10H2. The van der Waals surface area contributed by atoms with Crippen molar-refractivity contribution in [3.63, 3.8) is 0 Å². The SMILES string of the molecule is O=C(c1cc(F)c(F)cc1Cl)N1CC2CCC(C1)N2c1cc(SCl)cc2c1OCC2. The Bertz CT molecular complexity index is 1020.